The molecule has 2 aromatic heterocycles. The monoisotopic (exact) mass is 373 g/mol. The van der Waals surface area contributed by atoms with Crippen LogP contribution in [-0.4, -0.2) is 22.1 Å². The molecule has 0 spiro atoms. The molecule has 2 heterocycles. The number of aryl methyl sites for hydroxylation is 2. The third-order valence-corrected chi connectivity index (χ3v) is 6.61. The van der Waals surface area contributed by atoms with Crippen molar-refractivity contribution < 1.29 is 9.32 Å². The number of thioether (sulfide) groups is 1. The standard InChI is InChI=1S/C20H27N3O2S/c1-12-7-5-9-18(13(12)2)22-19(24)16-8-6-10-21-20(16)26-11-17-14(3)23-25-15(17)4/h6,8,10,12-13,18H,5,7,9,11H2,1-4H3,(H,22,24). The van der Waals surface area contributed by atoms with Crippen molar-refractivity contribution in [2.45, 2.75) is 63.8 Å². The van der Waals surface area contributed by atoms with Crippen LogP contribution in [0.3, 0.4) is 0 Å². The lowest BCUT2D eigenvalue weighted by Gasteiger charge is -2.34. The summed E-state index contributed by atoms with van der Waals surface area (Å²) in [4.78, 5) is 17.3. The van der Waals surface area contributed by atoms with Gasteiger partial charge in [0.1, 0.15) is 10.8 Å². The third-order valence-electron chi connectivity index (χ3n) is 5.57. The van der Waals surface area contributed by atoms with Crippen molar-refractivity contribution in [1.29, 1.82) is 0 Å². The van der Waals surface area contributed by atoms with E-state index in [-0.39, 0.29) is 11.9 Å². The number of rotatable bonds is 5. The van der Waals surface area contributed by atoms with Crippen LogP contribution in [0, 0.1) is 25.7 Å². The van der Waals surface area contributed by atoms with E-state index in [1.54, 1.807) is 18.0 Å². The summed E-state index contributed by atoms with van der Waals surface area (Å²) in [6, 6.07) is 3.92. The molecule has 0 saturated heterocycles. The van der Waals surface area contributed by atoms with E-state index >= 15 is 0 Å². The Labute approximate surface area is 159 Å². The highest BCUT2D eigenvalue weighted by Gasteiger charge is 2.29. The Morgan fingerprint density at radius 1 is 1.35 bits per heavy atom. The maximum absolute atomic E-state index is 12.9. The summed E-state index contributed by atoms with van der Waals surface area (Å²) in [5, 5.41) is 7.99. The predicted molar refractivity (Wildman–Crippen MR) is 103 cm³/mol. The van der Waals surface area contributed by atoms with Gasteiger partial charge in [-0.3, -0.25) is 4.79 Å². The van der Waals surface area contributed by atoms with Crippen molar-refractivity contribution in [3.05, 3.63) is 40.9 Å². The van der Waals surface area contributed by atoms with E-state index in [0.29, 0.717) is 23.2 Å². The number of hydrogen-bond acceptors (Lipinski definition) is 5. The molecule has 3 atom stereocenters. The SMILES string of the molecule is Cc1noc(C)c1CSc1ncccc1C(=O)NC1CCCC(C)C1C. The van der Waals surface area contributed by atoms with Crippen molar-refractivity contribution >= 4 is 17.7 Å². The molecule has 3 unspecified atom stereocenters. The molecule has 0 radical (unpaired) electrons. The van der Waals surface area contributed by atoms with E-state index < -0.39 is 0 Å². The van der Waals surface area contributed by atoms with Crippen molar-refractivity contribution in [2.24, 2.45) is 11.8 Å². The summed E-state index contributed by atoms with van der Waals surface area (Å²) in [6.45, 7) is 8.36. The fourth-order valence-electron chi connectivity index (χ4n) is 3.56. The Morgan fingerprint density at radius 3 is 2.88 bits per heavy atom. The molecule has 140 valence electrons. The number of pyridine rings is 1. The number of hydrogen-bond donors (Lipinski definition) is 1. The van der Waals surface area contributed by atoms with E-state index in [2.05, 4.69) is 29.3 Å². The first kappa shape index (κ1) is 19.0. The maximum atomic E-state index is 12.9. The number of amides is 1. The molecule has 3 rings (SSSR count). The van der Waals surface area contributed by atoms with Crippen LogP contribution in [-0.2, 0) is 5.75 Å². The lowest BCUT2D eigenvalue weighted by atomic mass is 9.78. The quantitative estimate of drug-likeness (QED) is 0.780. The lowest BCUT2D eigenvalue weighted by molar-refractivity contribution is 0.0887. The van der Waals surface area contributed by atoms with Gasteiger partial charge in [-0.15, -0.1) is 11.8 Å². The molecule has 1 aliphatic rings. The van der Waals surface area contributed by atoms with Crippen LogP contribution in [0.4, 0.5) is 0 Å². The molecule has 1 fully saturated rings. The third kappa shape index (κ3) is 4.11. The van der Waals surface area contributed by atoms with Crippen molar-refractivity contribution in [3.63, 3.8) is 0 Å². The summed E-state index contributed by atoms with van der Waals surface area (Å²) < 4.78 is 5.22. The Morgan fingerprint density at radius 2 is 2.15 bits per heavy atom. The number of nitrogens with zero attached hydrogens (tertiary/aromatic N) is 2. The normalized spacial score (nSPS) is 23.0. The van der Waals surface area contributed by atoms with Gasteiger partial charge < -0.3 is 9.84 Å². The zero-order valence-corrected chi connectivity index (χ0v) is 16.7. The molecule has 1 aliphatic carbocycles. The minimum atomic E-state index is -0.0229. The topological polar surface area (TPSA) is 68.0 Å². The van der Waals surface area contributed by atoms with Crippen LogP contribution in [0.25, 0.3) is 0 Å². The zero-order chi connectivity index (χ0) is 18.7. The van der Waals surface area contributed by atoms with E-state index in [9.17, 15) is 4.79 Å². The molecule has 1 saturated carbocycles. The molecule has 2 aromatic rings. The van der Waals surface area contributed by atoms with Crippen molar-refractivity contribution in [1.82, 2.24) is 15.5 Å². The van der Waals surface area contributed by atoms with Crippen LogP contribution >= 0.6 is 11.8 Å². The van der Waals surface area contributed by atoms with Gasteiger partial charge in [-0.05, 0) is 44.2 Å². The molecule has 1 N–H and O–H groups in total. The van der Waals surface area contributed by atoms with Crippen LogP contribution < -0.4 is 5.32 Å². The fraction of sp³-hybridized carbons (Fsp3) is 0.550. The zero-order valence-electron chi connectivity index (χ0n) is 15.9. The Bertz CT molecular complexity index is 755. The molecular weight excluding hydrogens is 346 g/mol. The second kappa shape index (κ2) is 8.25. The molecule has 6 heteroatoms. The highest BCUT2D eigenvalue weighted by molar-refractivity contribution is 7.98. The average Bonchev–Trinajstić information content (AvgIpc) is 2.95. The lowest BCUT2D eigenvalue weighted by Crippen LogP contribution is -2.43. The van der Waals surface area contributed by atoms with E-state index in [1.165, 1.54) is 12.8 Å². The molecule has 26 heavy (non-hydrogen) atoms. The minimum absolute atomic E-state index is 0.0229. The number of aromatic nitrogens is 2. The van der Waals surface area contributed by atoms with Crippen molar-refractivity contribution in [3.8, 4) is 0 Å². The highest BCUT2D eigenvalue weighted by Crippen LogP contribution is 2.31. The summed E-state index contributed by atoms with van der Waals surface area (Å²) in [6.07, 6.45) is 5.22. The van der Waals surface area contributed by atoms with E-state index in [1.807, 2.05) is 26.0 Å². The Balaban J connectivity index is 1.71. The second-order valence-corrected chi connectivity index (χ2v) is 8.26. The smallest absolute Gasteiger partial charge is 0.254 e. The van der Waals surface area contributed by atoms with Gasteiger partial charge >= 0.3 is 0 Å². The van der Waals surface area contributed by atoms with Gasteiger partial charge in [0.25, 0.3) is 5.91 Å². The average molecular weight is 374 g/mol. The largest absolute Gasteiger partial charge is 0.361 e. The minimum Gasteiger partial charge on any atom is -0.361 e. The van der Waals surface area contributed by atoms with Gasteiger partial charge in [0, 0.05) is 23.6 Å². The van der Waals surface area contributed by atoms with Crippen LogP contribution in [0.5, 0.6) is 0 Å². The van der Waals surface area contributed by atoms with Gasteiger partial charge in [-0.2, -0.15) is 0 Å². The van der Waals surface area contributed by atoms with Gasteiger partial charge in [-0.25, -0.2) is 4.98 Å². The second-order valence-electron chi connectivity index (χ2n) is 7.29. The highest BCUT2D eigenvalue weighted by atomic mass is 32.2. The van der Waals surface area contributed by atoms with Crippen LogP contribution in [0.1, 0.15) is 60.5 Å². The number of nitrogens with one attached hydrogen (secondary N) is 1. The van der Waals surface area contributed by atoms with Gasteiger partial charge in [0.05, 0.1) is 11.3 Å². The molecule has 5 nitrogen and oxygen atoms in total. The predicted octanol–water partition coefficient (Wildman–Crippen LogP) is 4.53. The maximum Gasteiger partial charge on any atom is 0.254 e. The first-order valence-electron chi connectivity index (χ1n) is 9.27. The molecule has 1 amide bonds. The Kier molecular flexibility index (Phi) is 6.01. The van der Waals surface area contributed by atoms with Gasteiger partial charge in [-0.1, -0.05) is 31.8 Å². The van der Waals surface area contributed by atoms with E-state index in [0.717, 1.165) is 28.5 Å². The first-order valence-corrected chi connectivity index (χ1v) is 10.3. The van der Waals surface area contributed by atoms with Crippen molar-refractivity contribution in [2.75, 3.05) is 0 Å². The summed E-state index contributed by atoms with van der Waals surface area (Å²) in [5.74, 6) is 2.64. The number of carbonyl (C=O) groups is 1. The van der Waals surface area contributed by atoms with Crippen LogP contribution in [0.15, 0.2) is 27.9 Å². The number of carbonyl (C=O) groups excluding carboxylic acids is 1. The molecule has 0 aliphatic heterocycles. The van der Waals surface area contributed by atoms with Gasteiger partial charge in [0.2, 0.25) is 0 Å². The Hall–Kier alpha value is -1.82. The van der Waals surface area contributed by atoms with Crippen LogP contribution in [0.2, 0.25) is 0 Å². The van der Waals surface area contributed by atoms with E-state index in [4.69, 9.17) is 4.52 Å². The molecular formula is C20H27N3O2S. The summed E-state index contributed by atoms with van der Waals surface area (Å²) >= 11 is 1.55. The fourth-order valence-corrected chi connectivity index (χ4v) is 4.70. The van der Waals surface area contributed by atoms with Gasteiger partial charge in [0.15, 0.2) is 0 Å². The molecule has 0 bridgehead atoms. The summed E-state index contributed by atoms with van der Waals surface area (Å²) in [5.41, 5.74) is 2.61. The molecule has 0 aromatic carbocycles. The summed E-state index contributed by atoms with van der Waals surface area (Å²) in [7, 11) is 0. The first-order chi connectivity index (χ1) is 12.5.